The van der Waals surface area contributed by atoms with Gasteiger partial charge in [-0.05, 0) is 13.8 Å². The lowest BCUT2D eigenvalue weighted by molar-refractivity contribution is 0.157. The smallest absolute Gasteiger partial charge is 0.123 e. The molecule has 1 N–H and O–H groups in total. The van der Waals surface area contributed by atoms with Crippen molar-refractivity contribution in [3.8, 4) is 0 Å². The van der Waals surface area contributed by atoms with Crippen LogP contribution in [0.25, 0.3) is 0 Å². The van der Waals surface area contributed by atoms with Crippen LogP contribution in [0.1, 0.15) is 13.8 Å². The second-order valence-corrected chi connectivity index (χ2v) is 1.49. The van der Waals surface area contributed by atoms with E-state index in [0.29, 0.717) is 0 Å². The van der Waals surface area contributed by atoms with Crippen molar-refractivity contribution in [2.75, 3.05) is 0 Å². The van der Waals surface area contributed by atoms with Crippen molar-refractivity contribution >= 4 is 6.21 Å². The summed E-state index contributed by atoms with van der Waals surface area (Å²) < 4.78 is 4.82. The van der Waals surface area contributed by atoms with Gasteiger partial charge in [0, 0.05) is 6.21 Å². The summed E-state index contributed by atoms with van der Waals surface area (Å²) in [6.45, 7) is 5.20. The molecule has 2 heteroatoms. The van der Waals surface area contributed by atoms with E-state index in [2.05, 4.69) is 0 Å². The van der Waals surface area contributed by atoms with Gasteiger partial charge in [-0.15, -0.1) is 0 Å². The minimum absolute atomic E-state index is 0.196. The molecule has 41 valence electrons. The highest BCUT2D eigenvalue weighted by atomic mass is 16.5. The Morgan fingerprint density at radius 1 is 1.57 bits per heavy atom. The fraction of sp³-hybridized carbons (Fsp3) is 0.600. The first-order valence-corrected chi connectivity index (χ1v) is 2.25. The van der Waals surface area contributed by atoms with Gasteiger partial charge in [-0.2, -0.15) is 0 Å². The molecule has 0 fully saturated rings. The molecule has 1 radical (unpaired) electrons. The molecule has 2 nitrogen and oxygen atoms in total. The van der Waals surface area contributed by atoms with Gasteiger partial charge in [-0.1, -0.05) is 0 Å². The van der Waals surface area contributed by atoms with Gasteiger partial charge in [0.1, 0.15) is 6.61 Å². The maximum atomic E-state index is 6.49. The highest BCUT2D eigenvalue weighted by molar-refractivity contribution is 5.61. The third-order valence-corrected chi connectivity index (χ3v) is 0.419. The summed E-state index contributed by atoms with van der Waals surface area (Å²) >= 11 is 0. The van der Waals surface area contributed by atoms with Crippen molar-refractivity contribution < 1.29 is 4.74 Å². The van der Waals surface area contributed by atoms with Crippen LogP contribution in [0.4, 0.5) is 0 Å². The lowest BCUT2D eigenvalue weighted by Gasteiger charge is -1.99. The molecule has 0 amide bonds. The summed E-state index contributed by atoms with van der Waals surface area (Å²) in [5, 5.41) is 6.49. The highest BCUT2D eigenvalue weighted by Crippen LogP contribution is 1.86. The molecule has 0 aromatic rings. The van der Waals surface area contributed by atoms with Crippen LogP contribution in [-0.4, -0.2) is 12.3 Å². The fourth-order valence-electron chi connectivity index (χ4n) is 0.196. The van der Waals surface area contributed by atoms with Gasteiger partial charge < -0.3 is 10.1 Å². The van der Waals surface area contributed by atoms with Gasteiger partial charge in [0.2, 0.25) is 0 Å². The quantitative estimate of drug-likeness (QED) is 0.531. The van der Waals surface area contributed by atoms with Gasteiger partial charge in [-0.25, -0.2) is 0 Å². The minimum atomic E-state index is 0.196. The highest BCUT2D eigenvalue weighted by Gasteiger charge is 1.86. The normalized spacial score (nSPS) is 9.57. The summed E-state index contributed by atoms with van der Waals surface area (Å²) in [6.07, 6.45) is 1.32. The van der Waals surface area contributed by atoms with Crippen molar-refractivity contribution in [2.45, 2.75) is 20.0 Å². The Labute approximate surface area is 44.0 Å². The zero-order valence-corrected chi connectivity index (χ0v) is 4.64. The van der Waals surface area contributed by atoms with Crippen molar-refractivity contribution in [1.82, 2.24) is 0 Å². The number of nitrogens with one attached hydrogen (secondary N) is 1. The summed E-state index contributed by atoms with van der Waals surface area (Å²) in [5.41, 5.74) is 0. The Balaban J connectivity index is 2.81. The van der Waals surface area contributed by atoms with Crippen molar-refractivity contribution in [3.63, 3.8) is 0 Å². The molecule has 0 spiro atoms. The van der Waals surface area contributed by atoms with E-state index in [9.17, 15) is 0 Å². The Morgan fingerprint density at radius 3 is 2.29 bits per heavy atom. The van der Waals surface area contributed by atoms with Gasteiger partial charge in [0.05, 0.1) is 6.10 Å². The standard InChI is InChI=1S/C5H10NO/c1-5(2)7-4-3-6/h3-6H,1-2H3. The molecular weight excluding hydrogens is 90.1 g/mol. The van der Waals surface area contributed by atoms with Crippen LogP contribution in [0.15, 0.2) is 0 Å². The van der Waals surface area contributed by atoms with Crippen molar-refractivity contribution in [2.24, 2.45) is 0 Å². The summed E-state index contributed by atoms with van der Waals surface area (Å²) in [7, 11) is 0. The van der Waals surface area contributed by atoms with Crippen LogP contribution in [0.5, 0.6) is 0 Å². The zero-order chi connectivity index (χ0) is 5.70. The average molecular weight is 100 g/mol. The summed E-state index contributed by atoms with van der Waals surface area (Å²) in [4.78, 5) is 0. The third-order valence-electron chi connectivity index (χ3n) is 0.419. The fourth-order valence-corrected chi connectivity index (χ4v) is 0.196. The Bertz CT molecular complexity index is 52.0. The first-order valence-electron chi connectivity index (χ1n) is 2.25. The molecule has 0 aromatic heterocycles. The molecule has 0 saturated heterocycles. The van der Waals surface area contributed by atoms with E-state index in [-0.39, 0.29) is 6.10 Å². The van der Waals surface area contributed by atoms with Gasteiger partial charge in [0.25, 0.3) is 0 Å². The Kier molecular flexibility index (Phi) is 3.61. The van der Waals surface area contributed by atoms with Crippen molar-refractivity contribution in [1.29, 1.82) is 5.41 Å². The van der Waals surface area contributed by atoms with Crippen LogP contribution in [0.3, 0.4) is 0 Å². The third kappa shape index (κ3) is 5.63. The molecule has 0 atom stereocenters. The lowest BCUT2D eigenvalue weighted by Crippen LogP contribution is -1.98. The largest absolute Gasteiger partial charge is 0.367 e. The molecule has 7 heavy (non-hydrogen) atoms. The molecule has 0 bridgehead atoms. The van der Waals surface area contributed by atoms with Crippen LogP contribution >= 0.6 is 0 Å². The minimum Gasteiger partial charge on any atom is -0.367 e. The summed E-state index contributed by atoms with van der Waals surface area (Å²) in [6, 6.07) is 0. The van der Waals surface area contributed by atoms with Gasteiger partial charge in [-0.3, -0.25) is 0 Å². The lowest BCUT2D eigenvalue weighted by atomic mass is 10.5. The van der Waals surface area contributed by atoms with Crippen LogP contribution in [-0.2, 0) is 4.74 Å². The second kappa shape index (κ2) is 3.81. The van der Waals surface area contributed by atoms with E-state index in [4.69, 9.17) is 10.1 Å². The molecule has 0 aliphatic heterocycles. The van der Waals surface area contributed by atoms with Gasteiger partial charge in [0.15, 0.2) is 0 Å². The molecule has 0 aliphatic rings. The van der Waals surface area contributed by atoms with Crippen LogP contribution < -0.4 is 0 Å². The predicted octanol–water partition coefficient (Wildman–Crippen LogP) is 1.22. The second-order valence-electron chi connectivity index (χ2n) is 1.49. The summed E-state index contributed by atoms with van der Waals surface area (Å²) in [5.74, 6) is 0. The van der Waals surface area contributed by atoms with E-state index in [1.807, 2.05) is 13.8 Å². The molecule has 0 unspecified atom stereocenters. The monoisotopic (exact) mass is 100 g/mol. The predicted molar refractivity (Wildman–Crippen MR) is 29.3 cm³/mol. The molecule has 0 aliphatic carbocycles. The number of ether oxygens (including phenoxy) is 1. The van der Waals surface area contributed by atoms with Gasteiger partial charge >= 0.3 is 0 Å². The van der Waals surface area contributed by atoms with Crippen molar-refractivity contribution in [3.05, 3.63) is 6.61 Å². The van der Waals surface area contributed by atoms with Crippen LogP contribution in [0, 0.1) is 12.0 Å². The molecule has 0 heterocycles. The molecular formula is C5H10NO. The SMILES string of the molecule is CC(C)O[CH]C=N. The number of rotatable bonds is 3. The topological polar surface area (TPSA) is 33.1 Å². The first-order chi connectivity index (χ1) is 3.27. The van der Waals surface area contributed by atoms with E-state index < -0.39 is 0 Å². The number of hydrogen-bond donors (Lipinski definition) is 1. The molecule has 0 saturated carbocycles. The Hall–Kier alpha value is -0.370. The van der Waals surface area contributed by atoms with E-state index in [1.54, 1.807) is 0 Å². The number of hydrogen-bond acceptors (Lipinski definition) is 2. The Morgan fingerprint density at radius 2 is 2.14 bits per heavy atom. The van der Waals surface area contributed by atoms with E-state index in [0.717, 1.165) is 6.21 Å². The van der Waals surface area contributed by atoms with E-state index >= 15 is 0 Å². The van der Waals surface area contributed by atoms with Crippen LogP contribution in [0.2, 0.25) is 0 Å². The maximum Gasteiger partial charge on any atom is 0.123 e. The first kappa shape index (κ1) is 6.63. The van der Waals surface area contributed by atoms with E-state index in [1.165, 1.54) is 6.61 Å². The molecule has 0 rings (SSSR count). The average Bonchev–Trinajstić information content (AvgIpc) is 1.61. The zero-order valence-electron chi connectivity index (χ0n) is 4.64. The maximum absolute atomic E-state index is 6.49. The molecule has 0 aromatic carbocycles.